The quantitative estimate of drug-likeness (QED) is 0.613. The SMILES string of the molecule is OCCOC1C2C=CC1CC2. The molecule has 0 saturated heterocycles. The maximum atomic E-state index is 8.57. The summed E-state index contributed by atoms with van der Waals surface area (Å²) in [5.41, 5.74) is 0. The molecule has 0 aliphatic heterocycles. The Bertz CT molecular complexity index is 151. The summed E-state index contributed by atoms with van der Waals surface area (Å²) in [5, 5.41) is 8.57. The van der Waals surface area contributed by atoms with Crippen molar-refractivity contribution in [2.45, 2.75) is 18.9 Å². The Balaban J connectivity index is 1.87. The van der Waals surface area contributed by atoms with Gasteiger partial charge in [-0.2, -0.15) is 0 Å². The molecule has 1 N–H and O–H groups in total. The molecule has 0 amide bonds. The van der Waals surface area contributed by atoms with E-state index in [0.29, 0.717) is 24.5 Å². The summed E-state index contributed by atoms with van der Waals surface area (Å²) in [6.45, 7) is 0.648. The molecular weight excluding hydrogens is 140 g/mol. The molecule has 2 heteroatoms. The summed E-state index contributed by atoms with van der Waals surface area (Å²) >= 11 is 0. The Hall–Kier alpha value is -0.340. The van der Waals surface area contributed by atoms with Crippen LogP contribution in [0, 0.1) is 11.8 Å². The fourth-order valence-electron chi connectivity index (χ4n) is 2.16. The molecule has 0 heterocycles. The molecule has 2 rings (SSSR count). The highest BCUT2D eigenvalue weighted by Gasteiger charge is 2.37. The Morgan fingerprint density at radius 2 is 1.91 bits per heavy atom. The number of aliphatic hydroxyl groups is 1. The lowest BCUT2D eigenvalue weighted by molar-refractivity contribution is 0.00849. The van der Waals surface area contributed by atoms with Crippen molar-refractivity contribution >= 4 is 0 Å². The minimum absolute atomic E-state index is 0.149. The lowest BCUT2D eigenvalue weighted by Crippen LogP contribution is -2.20. The second kappa shape index (κ2) is 2.95. The number of rotatable bonds is 3. The predicted octanol–water partition coefficient (Wildman–Crippen LogP) is 0.960. The van der Waals surface area contributed by atoms with E-state index in [-0.39, 0.29) is 6.61 Å². The Labute approximate surface area is 66.9 Å². The molecule has 2 bridgehead atoms. The van der Waals surface area contributed by atoms with Crippen molar-refractivity contribution in [3.8, 4) is 0 Å². The van der Waals surface area contributed by atoms with E-state index >= 15 is 0 Å². The van der Waals surface area contributed by atoms with Crippen LogP contribution >= 0.6 is 0 Å². The molecule has 2 unspecified atom stereocenters. The zero-order valence-electron chi connectivity index (χ0n) is 6.57. The summed E-state index contributed by atoms with van der Waals surface area (Å²) in [6.07, 6.45) is 7.46. The highest BCUT2D eigenvalue weighted by atomic mass is 16.5. The Kier molecular flexibility index (Phi) is 1.96. The van der Waals surface area contributed by atoms with Gasteiger partial charge in [-0.15, -0.1) is 0 Å². The third-order valence-electron chi connectivity index (χ3n) is 2.68. The third-order valence-corrected chi connectivity index (χ3v) is 2.68. The van der Waals surface area contributed by atoms with Crippen molar-refractivity contribution < 1.29 is 9.84 Å². The fraction of sp³-hybridized carbons (Fsp3) is 0.778. The van der Waals surface area contributed by atoms with Crippen LogP contribution in [0.1, 0.15) is 12.8 Å². The van der Waals surface area contributed by atoms with Gasteiger partial charge >= 0.3 is 0 Å². The average Bonchev–Trinajstić information content (AvgIpc) is 2.59. The summed E-state index contributed by atoms with van der Waals surface area (Å²) in [4.78, 5) is 0. The molecule has 0 spiro atoms. The maximum absolute atomic E-state index is 8.57. The first-order valence-electron chi connectivity index (χ1n) is 4.32. The minimum Gasteiger partial charge on any atom is -0.394 e. The molecule has 0 aromatic carbocycles. The van der Waals surface area contributed by atoms with Gasteiger partial charge in [-0.1, -0.05) is 12.2 Å². The third kappa shape index (κ3) is 1.21. The Morgan fingerprint density at radius 1 is 1.27 bits per heavy atom. The average molecular weight is 154 g/mol. The number of aliphatic hydroxyl groups excluding tert-OH is 1. The molecule has 62 valence electrons. The molecular formula is C9H14O2. The monoisotopic (exact) mass is 154 g/mol. The van der Waals surface area contributed by atoms with E-state index in [1.54, 1.807) is 0 Å². The molecule has 0 aromatic rings. The smallest absolute Gasteiger partial charge is 0.0702 e. The van der Waals surface area contributed by atoms with E-state index in [0.717, 1.165) is 0 Å². The topological polar surface area (TPSA) is 29.5 Å². The van der Waals surface area contributed by atoms with Crippen LogP contribution in [0.3, 0.4) is 0 Å². The van der Waals surface area contributed by atoms with Crippen LogP contribution in [0.25, 0.3) is 0 Å². The van der Waals surface area contributed by atoms with Crippen LogP contribution < -0.4 is 0 Å². The molecule has 0 radical (unpaired) electrons. The van der Waals surface area contributed by atoms with Gasteiger partial charge in [-0.3, -0.25) is 0 Å². The second-order valence-electron chi connectivity index (χ2n) is 3.35. The number of hydrogen-bond acceptors (Lipinski definition) is 2. The molecule has 0 aromatic heterocycles. The van der Waals surface area contributed by atoms with Crippen LogP contribution in [-0.4, -0.2) is 24.4 Å². The van der Waals surface area contributed by atoms with Gasteiger partial charge in [0.15, 0.2) is 0 Å². The van der Waals surface area contributed by atoms with Crippen molar-refractivity contribution in [1.29, 1.82) is 0 Å². The molecule has 2 aliphatic carbocycles. The minimum atomic E-state index is 0.149. The van der Waals surface area contributed by atoms with Crippen LogP contribution in [0.2, 0.25) is 0 Å². The van der Waals surface area contributed by atoms with Gasteiger partial charge in [0.1, 0.15) is 0 Å². The first-order chi connectivity index (χ1) is 5.42. The van der Waals surface area contributed by atoms with Gasteiger partial charge in [0.25, 0.3) is 0 Å². The first-order valence-corrected chi connectivity index (χ1v) is 4.32. The standard InChI is InChI=1S/C9H14O2/c10-5-6-11-9-7-1-2-8(9)4-3-7/h1-2,7-10H,3-6H2. The van der Waals surface area contributed by atoms with E-state index in [9.17, 15) is 0 Å². The highest BCUT2D eigenvalue weighted by molar-refractivity contribution is 5.12. The van der Waals surface area contributed by atoms with E-state index < -0.39 is 0 Å². The molecule has 2 aliphatic rings. The van der Waals surface area contributed by atoms with Gasteiger partial charge in [-0.05, 0) is 12.8 Å². The van der Waals surface area contributed by atoms with Crippen molar-refractivity contribution in [3.63, 3.8) is 0 Å². The molecule has 1 fully saturated rings. The van der Waals surface area contributed by atoms with Gasteiger partial charge in [0.2, 0.25) is 0 Å². The summed E-state index contributed by atoms with van der Waals surface area (Å²) < 4.78 is 5.53. The Morgan fingerprint density at radius 3 is 2.36 bits per heavy atom. The number of ether oxygens (including phenoxy) is 1. The molecule has 2 nitrogen and oxygen atoms in total. The normalized spacial score (nSPS) is 40.3. The first kappa shape index (κ1) is 7.32. The number of fused-ring (bicyclic) bond motifs is 2. The van der Waals surface area contributed by atoms with Crippen molar-refractivity contribution in [2.24, 2.45) is 11.8 Å². The largest absolute Gasteiger partial charge is 0.394 e. The zero-order valence-corrected chi connectivity index (χ0v) is 6.57. The lowest BCUT2D eigenvalue weighted by Gasteiger charge is -2.15. The van der Waals surface area contributed by atoms with Crippen LogP contribution in [0.4, 0.5) is 0 Å². The van der Waals surface area contributed by atoms with Crippen molar-refractivity contribution in [1.82, 2.24) is 0 Å². The van der Waals surface area contributed by atoms with E-state index in [2.05, 4.69) is 12.2 Å². The summed E-state index contributed by atoms with van der Waals surface area (Å²) in [6, 6.07) is 0. The maximum Gasteiger partial charge on any atom is 0.0702 e. The molecule has 1 saturated carbocycles. The summed E-state index contributed by atoms with van der Waals surface area (Å²) in [7, 11) is 0. The van der Waals surface area contributed by atoms with Crippen LogP contribution in [-0.2, 0) is 4.74 Å². The second-order valence-corrected chi connectivity index (χ2v) is 3.35. The van der Waals surface area contributed by atoms with E-state index in [1.165, 1.54) is 12.8 Å². The van der Waals surface area contributed by atoms with Gasteiger partial charge < -0.3 is 9.84 Å². The fourth-order valence-corrected chi connectivity index (χ4v) is 2.16. The van der Waals surface area contributed by atoms with Gasteiger partial charge in [0, 0.05) is 11.8 Å². The van der Waals surface area contributed by atoms with Crippen LogP contribution in [0.5, 0.6) is 0 Å². The predicted molar refractivity (Wildman–Crippen MR) is 42.2 cm³/mol. The zero-order chi connectivity index (χ0) is 7.68. The highest BCUT2D eigenvalue weighted by Crippen LogP contribution is 2.40. The molecule has 11 heavy (non-hydrogen) atoms. The summed E-state index contributed by atoms with van der Waals surface area (Å²) in [5.74, 6) is 1.29. The van der Waals surface area contributed by atoms with E-state index in [4.69, 9.17) is 9.84 Å². The lowest BCUT2D eigenvalue weighted by atomic mass is 10.1. The van der Waals surface area contributed by atoms with Gasteiger partial charge in [0.05, 0.1) is 19.3 Å². The van der Waals surface area contributed by atoms with Crippen molar-refractivity contribution in [3.05, 3.63) is 12.2 Å². The van der Waals surface area contributed by atoms with Gasteiger partial charge in [-0.25, -0.2) is 0 Å². The number of hydrogen-bond donors (Lipinski definition) is 1. The van der Waals surface area contributed by atoms with Crippen molar-refractivity contribution in [2.75, 3.05) is 13.2 Å². The van der Waals surface area contributed by atoms with E-state index in [1.807, 2.05) is 0 Å². The molecule has 2 atom stereocenters. The van der Waals surface area contributed by atoms with Crippen LogP contribution in [0.15, 0.2) is 12.2 Å².